The van der Waals surface area contributed by atoms with Gasteiger partial charge in [-0.3, -0.25) is 0 Å². The summed E-state index contributed by atoms with van der Waals surface area (Å²) in [5, 5.41) is 20.4. The second-order valence-electron chi connectivity index (χ2n) is 7.94. The highest BCUT2D eigenvalue weighted by molar-refractivity contribution is 5.93. The number of hydrogen-bond donors (Lipinski definition) is 3. The fraction of sp³-hybridized carbons (Fsp3) is 0.500. The molecule has 1 aliphatic rings. The molecule has 1 saturated carbocycles. The third-order valence-electron chi connectivity index (χ3n) is 4.38. The van der Waals surface area contributed by atoms with Crippen molar-refractivity contribution in [3.63, 3.8) is 0 Å². The number of ether oxygens (including phenoxy) is 1. The summed E-state index contributed by atoms with van der Waals surface area (Å²) in [6.45, 7) is 8.24. The van der Waals surface area contributed by atoms with Crippen LogP contribution >= 0.6 is 0 Å². The summed E-state index contributed by atoms with van der Waals surface area (Å²) in [6, 6.07) is 6.09. The van der Waals surface area contributed by atoms with Gasteiger partial charge in [-0.1, -0.05) is 0 Å². The van der Waals surface area contributed by atoms with Crippen molar-refractivity contribution in [2.75, 3.05) is 17.2 Å². The van der Waals surface area contributed by atoms with Crippen LogP contribution in [0.2, 0.25) is 0 Å². The van der Waals surface area contributed by atoms with Crippen molar-refractivity contribution in [2.24, 2.45) is 0 Å². The molecule has 148 valence electrons. The molecule has 2 aromatic rings. The number of amides is 1. The molecular formula is C20H26N6O2. The van der Waals surface area contributed by atoms with Crippen LogP contribution in [0.15, 0.2) is 18.3 Å². The van der Waals surface area contributed by atoms with Gasteiger partial charge in [0.15, 0.2) is 0 Å². The summed E-state index contributed by atoms with van der Waals surface area (Å²) >= 11 is 0. The minimum atomic E-state index is -0.496. The Kier molecular flexibility index (Phi) is 5.54. The first kappa shape index (κ1) is 19.7. The van der Waals surface area contributed by atoms with Crippen LogP contribution in [0, 0.1) is 11.3 Å². The predicted molar refractivity (Wildman–Crippen MR) is 108 cm³/mol. The summed E-state index contributed by atoms with van der Waals surface area (Å²) in [4.78, 5) is 20.6. The molecule has 0 unspecified atom stereocenters. The molecule has 0 bridgehead atoms. The Labute approximate surface area is 164 Å². The van der Waals surface area contributed by atoms with Crippen LogP contribution < -0.4 is 16.0 Å². The monoisotopic (exact) mass is 382 g/mol. The molecule has 1 amide bonds. The zero-order chi connectivity index (χ0) is 20.3. The third-order valence-corrected chi connectivity index (χ3v) is 4.38. The van der Waals surface area contributed by atoms with Crippen molar-refractivity contribution >= 4 is 28.5 Å². The Morgan fingerprint density at radius 2 is 2.07 bits per heavy atom. The van der Waals surface area contributed by atoms with E-state index in [1.54, 1.807) is 12.3 Å². The predicted octanol–water partition coefficient (Wildman–Crippen LogP) is 3.40. The first-order chi connectivity index (χ1) is 13.3. The van der Waals surface area contributed by atoms with E-state index >= 15 is 0 Å². The topological polar surface area (TPSA) is 112 Å². The normalized spacial score (nSPS) is 18.7. The number of nitrogens with one attached hydrogen (secondary N) is 3. The van der Waals surface area contributed by atoms with Crippen LogP contribution in [0.4, 0.5) is 16.4 Å². The molecule has 1 aliphatic carbocycles. The molecule has 3 N–H and O–H groups in total. The second kappa shape index (κ2) is 7.89. The Morgan fingerprint density at radius 1 is 1.32 bits per heavy atom. The van der Waals surface area contributed by atoms with E-state index in [4.69, 9.17) is 10.00 Å². The maximum absolute atomic E-state index is 11.8. The number of rotatable bonds is 5. The summed E-state index contributed by atoms with van der Waals surface area (Å²) < 4.78 is 5.28. The van der Waals surface area contributed by atoms with Crippen molar-refractivity contribution in [2.45, 2.75) is 58.2 Å². The molecule has 0 aromatic carbocycles. The average Bonchev–Trinajstić information content (AvgIpc) is 2.58. The van der Waals surface area contributed by atoms with Gasteiger partial charge in [-0.15, -0.1) is 0 Å². The van der Waals surface area contributed by atoms with Gasteiger partial charge < -0.3 is 20.7 Å². The number of fused-ring (bicyclic) bond motifs is 1. The Bertz CT molecular complexity index is 909. The van der Waals surface area contributed by atoms with Crippen molar-refractivity contribution in [1.82, 2.24) is 15.3 Å². The molecule has 2 aromatic heterocycles. The number of anilines is 2. The molecular weight excluding hydrogens is 356 g/mol. The number of alkyl carbamates (subject to hydrolysis) is 1. The van der Waals surface area contributed by atoms with E-state index in [9.17, 15) is 4.79 Å². The van der Waals surface area contributed by atoms with Gasteiger partial charge in [-0.05, 0) is 52.7 Å². The Morgan fingerprint density at radius 3 is 2.71 bits per heavy atom. The number of pyridine rings is 2. The average molecular weight is 382 g/mol. The smallest absolute Gasteiger partial charge is 0.407 e. The van der Waals surface area contributed by atoms with Gasteiger partial charge in [0.1, 0.15) is 29.0 Å². The lowest BCUT2D eigenvalue weighted by Gasteiger charge is -2.36. The zero-order valence-electron chi connectivity index (χ0n) is 16.7. The van der Waals surface area contributed by atoms with Gasteiger partial charge in [0, 0.05) is 35.6 Å². The maximum Gasteiger partial charge on any atom is 0.407 e. The minimum absolute atomic E-state index is 0.102. The first-order valence-corrected chi connectivity index (χ1v) is 9.48. The lowest BCUT2D eigenvalue weighted by molar-refractivity contribution is 0.0475. The van der Waals surface area contributed by atoms with Crippen molar-refractivity contribution < 1.29 is 9.53 Å². The zero-order valence-corrected chi connectivity index (χ0v) is 16.7. The van der Waals surface area contributed by atoms with E-state index in [1.165, 1.54) is 0 Å². The van der Waals surface area contributed by atoms with Crippen molar-refractivity contribution in [3.8, 4) is 6.07 Å². The number of hydrogen-bond acceptors (Lipinski definition) is 7. The number of carbonyl (C=O) groups excluding carboxylic acids is 1. The SMILES string of the molecule is CCNc1nc(C#N)cc2cnc(NC3CC(NC(=O)OC(C)(C)C)C3)cc12. The maximum atomic E-state index is 11.8. The van der Waals surface area contributed by atoms with E-state index in [-0.39, 0.29) is 18.2 Å². The van der Waals surface area contributed by atoms with Crippen molar-refractivity contribution in [1.29, 1.82) is 5.26 Å². The molecule has 0 spiro atoms. The largest absolute Gasteiger partial charge is 0.444 e. The van der Waals surface area contributed by atoms with Gasteiger partial charge in [-0.25, -0.2) is 14.8 Å². The Hall–Kier alpha value is -3.08. The second-order valence-corrected chi connectivity index (χ2v) is 7.94. The third kappa shape index (κ3) is 4.80. The molecule has 28 heavy (non-hydrogen) atoms. The lowest BCUT2D eigenvalue weighted by Crippen LogP contribution is -2.50. The van der Waals surface area contributed by atoms with Crippen LogP contribution in [0.3, 0.4) is 0 Å². The molecule has 8 nitrogen and oxygen atoms in total. The molecule has 8 heteroatoms. The van der Waals surface area contributed by atoms with Crippen molar-refractivity contribution in [3.05, 3.63) is 24.0 Å². The van der Waals surface area contributed by atoms with Gasteiger partial charge in [-0.2, -0.15) is 5.26 Å². The van der Waals surface area contributed by atoms with Crippen LogP contribution in [0.5, 0.6) is 0 Å². The first-order valence-electron chi connectivity index (χ1n) is 9.48. The van der Waals surface area contributed by atoms with E-state index in [1.807, 2.05) is 33.8 Å². The number of nitriles is 1. The van der Waals surface area contributed by atoms with Gasteiger partial charge in [0.25, 0.3) is 0 Å². The van der Waals surface area contributed by atoms with E-state index in [2.05, 4.69) is 32.0 Å². The van der Waals surface area contributed by atoms with Crippen LogP contribution in [-0.2, 0) is 4.74 Å². The molecule has 2 heterocycles. The highest BCUT2D eigenvalue weighted by atomic mass is 16.6. The minimum Gasteiger partial charge on any atom is -0.444 e. The van der Waals surface area contributed by atoms with E-state index in [0.717, 1.165) is 29.4 Å². The van der Waals surface area contributed by atoms with E-state index < -0.39 is 5.60 Å². The highest BCUT2D eigenvalue weighted by Crippen LogP contribution is 2.28. The molecule has 0 saturated heterocycles. The highest BCUT2D eigenvalue weighted by Gasteiger charge is 2.31. The molecule has 0 aliphatic heterocycles. The Balaban J connectivity index is 1.62. The number of aromatic nitrogens is 2. The van der Waals surface area contributed by atoms with Crippen LogP contribution in [0.25, 0.3) is 10.8 Å². The van der Waals surface area contributed by atoms with Crippen LogP contribution in [-0.4, -0.2) is 40.3 Å². The van der Waals surface area contributed by atoms with Crippen LogP contribution in [0.1, 0.15) is 46.2 Å². The standard InChI is InChI=1S/C20H26N6O2/c1-5-22-18-16-9-17(23-11-12(16)6-15(10-21)25-18)24-13-7-14(8-13)26-19(27)28-20(2,3)4/h6,9,11,13-14H,5,7-8H2,1-4H3,(H,22,25)(H,23,24)(H,26,27). The van der Waals surface area contributed by atoms with E-state index in [0.29, 0.717) is 18.1 Å². The molecule has 0 atom stereocenters. The quantitative estimate of drug-likeness (QED) is 0.726. The van der Waals surface area contributed by atoms with Gasteiger partial charge in [0.05, 0.1) is 0 Å². The fourth-order valence-corrected chi connectivity index (χ4v) is 3.12. The van der Waals surface area contributed by atoms with Gasteiger partial charge in [0.2, 0.25) is 0 Å². The lowest BCUT2D eigenvalue weighted by atomic mass is 9.87. The molecule has 1 fully saturated rings. The molecule has 0 radical (unpaired) electrons. The number of carbonyl (C=O) groups is 1. The summed E-state index contributed by atoms with van der Waals surface area (Å²) in [5.74, 6) is 1.43. The summed E-state index contributed by atoms with van der Waals surface area (Å²) in [6.07, 6.45) is 2.99. The summed E-state index contributed by atoms with van der Waals surface area (Å²) in [7, 11) is 0. The summed E-state index contributed by atoms with van der Waals surface area (Å²) in [5.41, 5.74) is -0.134. The van der Waals surface area contributed by atoms with Gasteiger partial charge >= 0.3 is 6.09 Å². The number of nitrogens with zero attached hydrogens (tertiary/aromatic N) is 3. The molecule has 3 rings (SSSR count). The fourth-order valence-electron chi connectivity index (χ4n) is 3.12.